The number of imidazole rings is 1. The summed E-state index contributed by atoms with van der Waals surface area (Å²) in [5, 5.41) is 2.79. The maximum atomic E-state index is 13.6. The number of fused-ring (bicyclic) bond motifs is 1. The van der Waals surface area contributed by atoms with Crippen LogP contribution in [0.2, 0.25) is 0 Å². The minimum atomic E-state index is -0.488. The van der Waals surface area contributed by atoms with Crippen LogP contribution in [0, 0.1) is 17.5 Å². The number of aryl methyl sites for hydroxylation is 1. The van der Waals surface area contributed by atoms with Crippen LogP contribution in [0.25, 0.3) is 11.0 Å². The number of hydrogen-bond acceptors (Lipinski definition) is 2. The summed E-state index contributed by atoms with van der Waals surface area (Å²) >= 11 is 4.99. The summed E-state index contributed by atoms with van der Waals surface area (Å²) in [5.74, 6) is -0.839. The zero-order valence-corrected chi connectivity index (χ0v) is 12.7. The zero-order chi connectivity index (χ0) is 15.7. The van der Waals surface area contributed by atoms with Gasteiger partial charge in [-0.2, -0.15) is 0 Å². The molecule has 2 aromatic carbocycles. The molecule has 0 saturated carbocycles. The van der Waals surface area contributed by atoms with Crippen molar-refractivity contribution >= 4 is 29.2 Å². The third-order valence-electron chi connectivity index (χ3n) is 3.41. The molecule has 0 aliphatic rings. The summed E-state index contributed by atoms with van der Waals surface area (Å²) in [6, 6.07) is 10.3. The Morgan fingerprint density at radius 3 is 2.68 bits per heavy atom. The van der Waals surface area contributed by atoms with Crippen LogP contribution in [0.5, 0.6) is 0 Å². The first-order valence-corrected chi connectivity index (χ1v) is 7.19. The number of nitrogens with one attached hydrogen (secondary N) is 3. The van der Waals surface area contributed by atoms with Crippen LogP contribution >= 0.6 is 12.2 Å². The molecule has 0 fully saturated rings. The number of halogens is 1. The van der Waals surface area contributed by atoms with E-state index >= 15 is 0 Å². The van der Waals surface area contributed by atoms with Gasteiger partial charge in [0.05, 0.1) is 16.6 Å². The molecule has 3 N–H and O–H groups in total. The van der Waals surface area contributed by atoms with E-state index < -0.39 is 5.82 Å². The standard InChI is InChI=1S/C16H14FN3OS/c1-9-2-4-10(5-3-9)8-18-15(21)12-6-11(17)7-13-14(12)20-16(22)19-13/h2-7H,8H2,1H3,(H,18,21)(H2,19,20,22). The monoisotopic (exact) mass is 315 g/mol. The number of carbonyl (C=O) groups is 1. The topological polar surface area (TPSA) is 60.7 Å². The molecule has 22 heavy (non-hydrogen) atoms. The average Bonchev–Trinajstić information content (AvgIpc) is 2.85. The Kier molecular flexibility index (Phi) is 3.77. The quantitative estimate of drug-likeness (QED) is 0.647. The van der Waals surface area contributed by atoms with Crippen LogP contribution in [0.4, 0.5) is 4.39 Å². The van der Waals surface area contributed by atoms with Gasteiger partial charge in [-0.1, -0.05) is 29.8 Å². The second-order valence-electron chi connectivity index (χ2n) is 5.12. The lowest BCUT2D eigenvalue weighted by Gasteiger charge is -2.07. The SMILES string of the molecule is Cc1ccc(CNC(=O)c2cc(F)cc3[nH]c(=S)[nH]c23)cc1. The van der Waals surface area contributed by atoms with Gasteiger partial charge < -0.3 is 15.3 Å². The first-order valence-electron chi connectivity index (χ1n) is 6.78. The lowest BCUT2D eigenvalue weighted by Crippen LogP contribution is -2.23. The molecule has 1 amide bonds. The zero-order valence-electron chi connectivity index (χ0n) is 11.9. The number of carbonyl (C=O) groups excluding carboxylic acids is 1. The average molecular weight is 315 g/mol. The van der Waals surface area contributed by atoms with E-state index in [0.717, 1.165) is 11.1 Å². The molecule has 112 valence electrons. The molecule has 3 rings (SSSR count). The molecule has 0 radical (unpaired) electrons. The highest BCUT2D eigenvalue weighted by atomic mass is 32.1. The second-order valence-corrected chi connectivity index (χ2v) is 5.53. The molecular weight excluding hydrogens is 301 g/mol. The highest BCUT2D eigenvalue weighted by molar-refractivity contribution is 7.71. The van der Waals surface area contributed by atoms with Gasteiger partial charge in [0, 0.05) is 6.54 Å². The van der Waals surface area contributed by atoms with E-state index in [1.807, 2.05) is 31.2 Å². The van der Waals surface area contributed by atoms with Gasteiger partial charge in [0.2, 0.25) is 0 Å². The number of amides is 1. The first-order chi connectivity index (χ1) is 10.5. The lowest BCUT2D eigenvalue weighted by atomic mass is 10.1. The Morgan fingerprint density at radius 1 is 1.23 bits per heavy atom. The van der Waals surface area contributed by atoms with Gasteiger partial charge in [-0.15, -0.1) is 0 Å². The van der Waals surface area contributed by atoms with Crippen molar-refractivity contribution < 1.29 is 9.18 Å². The summed E-state index contributed by atoms with van der Waals surface area (Å²) in [7, 11) is 0. The second kappa shape index (κ2) is 5.73. The van der Waals surface area contributed by atoms with E-state index in [-0.39, 0.29) is 11.5 Å². The number of aromatic nitrogens is 2. The predicted octanol–water partition coefficient (Wildman–Crippen LogP) is 3.60. The number of H-pyrrole nitrogens is 2. The van der Waals surface area contributed by atoms with E-state index in [0.29, 0.717) is 22.3 Å². The van der Waals surface area contributed by atoms with E-state index in [2.05, 4.69) is 15.3 Å². The molecule has 0 spiro atoms. The van der Waals surface area contributed by atoms with Crippen molar-refractivity contribution in [1.82, 2.24) is 15.3 Å². The van der Waals surface area contributed by atoms with Crippen molar-refractivity contribution in [3.63, 3.8) is 0 Å². The summed E-state index contributed by atoms with van der Waals surface area (Å²) in [6.07, 6.45) is 0. The third-order valence-corrected chi connectivity index (χ3v) is 3.61. The Labute approximate surface area is 131 Å². The highest BCUT2D eigenvalue weighted by Gasteiger charge is 2.13. The molecule has 6 heteroatoms. The van der Waals surface area contributed by atoms with Gasteiger partial charge in [-0.25, -0.2) is 4.39 Å². The predicted molar refractivity (Wildman–Crippen MR) is 85.8 cm³/mol. The van der Waals surface area contributed by atoms with Gasteiger partial charge >= 0.3 is 0 Å². The summed E-state index contributed by atoms with van der Waals surface area (Å²) in [6.45, 7) is 2.38. The van der Waals surface area contributed by atoms with Crippen molar-refractivity contribution in [1.29, 1.82) is 0 Å². The van der Waals surface area contributed by atoms with Crippen molar-refractivity contribution in [2.75, 3.05) is 0 Å². The third kappa shape index (κ3) is 2.92. The molecule has 1 heterocycles. The smallest absolute Gasteiger partial charge is 0.253 e. The maximum absolute atomic E-state index is 13.6. The van der Waals surface area contributed by atoms with Gasteiger partial charge in [0.15, 0.2) is 4.77 Å². The van der Waals surface area contributed by atoms with Gasteiger partial charge in [-0.05, 0) is 36.8 Å². The van der Waals surface area contributed by atoms with Gasteiger partial charge in [-0.3, -0.25) is 4.79 Å². The molecule has 0 unspecified atom stereocenters. The largest absolute Gasteiger partial charge is 0.348 e. The van der Waals surface area contributed by atoms with Crippen LogP contribution in [-0.4, -0.2) is 15.9 Å². The maximum Gasteiger partial charge on any atom is 0.253 e. The van der Waals surface area contributed by atoms with Gasteiger partial charge in [0.25, 0.3) is 5.91 Å². The minimum absolute atomic E-state index is 0.231. The highest BCUT2D eigenvalue weighted by Crippen LogP contribution is 2.18. The summed E-state index contributed by atoms with van der Waals surface area (Å²) in [4.78, 5) is 18.0. The Bertz CT molecular complexity index is 896. The van der Waals surface area contributed by atoms with Crippen LogP contribution in [0.1, 0.15) is 21.5 Å². The Balaban J connectivity index is 1.85. The molecule has 0 bridgehead atoms. The molecule has 0 aliphatic carbocycles. The number of rotatable bonds is 3. The van der Waals surface area contributed by atoms with Crippen LogP contribution < -0.4 is 5.32 Å². The number of aromatic amines is 2. The molecule has 0 atom stereocenters. The normalized spacial score (nSPS) is 10.8. The van der Waals surface area contributed by atoms with Crippen molar-refractivity contribution in [2.45, 2.75) is 13.5 Å². The fraction of sp³-hybridized carbons (Fsp3) is 0.125. The van der Waals surface area contributed by atoms with Crippen LogP contribution in [-0.2, 0) is 6.54 Å². The van der Waals surface area contributed by atoms with Crippen molar-refractivity contribution in [3.8, 4) is 0 Å². The molecular formula is C16H14FN3OS. The fourth-order valence-electron chi connectivity index (χ4n) is 2.27. The Morgan fingerprint density at radius 2 is 1.95 bits per heavy atom. The Hall–Kier alpha value is -2.47. The van der Waals surface area contributed by atoms with Gasteiger partial charge in [0.1, 0.15) is 5.82 Å². The lowest BCUT2D eigenvalue weighted by molar-refractivity contribution is 0.0952. The van der Waals surface area contributed by atoms with E-state index in [1.54, 1.807) is 0 Å². The molecule has 3 aromatic rings. The van der Waals surface area contributed by atoms with Crippen molar-refractivity contribution in [2.24, 2.45) is 0 Å². The van der Waals surface area contributed by atoms with Crippen LogP contribution in [0.15, 0.2) is 36.4 Å². The van der Waals surface area contributed by atoms with Crippen LogP contribution in [0.3, 0.4) is 0 Å². The van der Waals surface area contributed by atoms with E-state index in [1.165, 1.54) is 12.1 Å². The number of benzene rings is 2. The summed E-state index contributed by atoms with van der Waals surface area (Å²) in [5.41, 5.74) is 3.35. The fourth-order valence-corrected chi connectivity index (χ4v) is 2.48. The molecule has 0 saturated heterocycles. The first kappa shape index (κ1) is 14.5. The molecule has 0 aliphatic heterocycles. The summed E-state index contributed by atoms with van der Waals surface area (Å²) < 4.78 is 14.0. The molecule has 1 aromatic heterocycles. The number of hydrogen-bond donors (Lipinski definition) is 3. The van der Waals surface area contributed by atoms with E-state index in [4.69, 9.17) is 12.2 Å². The van der Waals surface area contributed by atoms with Crippen molar-refractivity contribution in [3.05, 3.63) is 63.7 Å². The minimum Gasteiger partial charge on any atom is -0.348 e. The molecule has 4 nitrogen and oxygen atoms in total. The van der Waals surface area contributed by atoms with E-state index in [9.17, 15) is 9.18 Å².